The molecular formula is C18H22Cl2N2S. The largest absolute Gasteiger partial charge is 0.309 e. The van der Waals surface area contributed by atoms with Gasteiger partial charge in [-0.2, -0.15) is 0 Å². The first-order chi connectivity index (χ1) is 10.3. The maximum Gasteiger partial charge on any atom is 0.0721 e. The lowest BCUT2D eigenvalue weighted by atomic mass is 10.1. The standard InChI is InChI=1S/C18H20N2S.2ClH/c1-20(2)12-7-13-21-18-14-8-3-5-10-16(14)19-17-11-6-4-9-15(17)18;;/h3-6,8-11H,7,12-13H2,1-2H3;2*1H. The summed E-state index contributed by atoms with van der Waals surface area (Å²) >= 11 is 1.95. The molecule has 5 heteroatoms. The van der Waals surface area contributed by atoms with E-state index in [1.165, 1.54) is 22.1 Å². The molecule has 0 fully saturated rings. The number of pyridine rings is 1. The van der Waals surface area contributed by atoms with E-state index in [4.69, 9.17) is 4.98 Å². The van der Waals surface area contributed by atoms with E-state index in [0.29, 0.717) is 0 Å². The van der Waals surface area contributed by atoms with Gasteiger partial charge in [0.15, 0.2) is 0 Å². The predicted octanol–water partition coefficient (Wildman–Crippen LogP) is 5.28. The fourth-order valence-corrected chi connectivity index (χ4v) is 3.65. The third-order valence-electron chi connectivity index (χ3n) is 3.53. The quantitative estimate of drug-likeness (QED) is 0.346. The molecule has 23 heavy (non-hydrogen) atoms. The highest BCUT2D eigenvalue weighted by Crippen LogP contribution is 2.34. The molecular weight excluding hydrogens is 347 g/mol. The summed E-state index contributed by atoms with van der Waals surface area (Å²) in [6.45, 7) is 1.13. The molecule has 0 saturated heterocycles. The normalized spacial score (nSPS) is 10.6. The number of fused-ring (bicyclic) bond motifs is 2. The van der Waals surface area contributed by atoms with Gasteiger partial charge in [-0.1, -0.05) is 36.4 Å². The minimum atomic E-state index is 0. The van der Waals surface area contributed by atoms with Crippen LogP contribution in [0.5, 0.6) is 0 Å². The lowest BCUT2D eigenvalue weighted by Gasteiger charge is -2.12. The third kappa shape index (κ3) is 4.74. The van der Waals surface area contributed by atoms with Crippen molar-refractivity contribution in [2.75, 3.05) is 26.4 Å². The zero-order chi connectivity index (χ0) is 14.7. The molecule has 0 unspecified atom stereocenters. The lowest BCUT2D eigenvalue weighted by molar-refractivity contribution is 0.410. The van der Waals surface area contributed by atoms with Crippen molar-refractivity contribution in [1.29, 1.82) is 0 Å². The Bertz CT molecular complexity index is 708. The van der Waals surface area contributed by atoms with Crippen molar-refractivity contribution >= 4 is 58.4 Å². The molecule has 0 atom stereocenters. The highest BCUT2D eigenvalue weighted by Gasteiger charge is 2.08. The number of benzene rings is 2. The Labute approximate surface area is 154 Å². The van der Waals surface area contributed by atoms with Crippen LogP contribution in [0.3, 0.4) is 0 Å². The van der Waals surface area contributed by atoms with Crippen molar-refractivity contribution in [2.45, 2.75) is 11.3 Å². The second-order valence-electron chi connectivity index (χ2n) is 5.48. The van der Waals surface area contributed by atoms with Crippen LogP contribution in [0.25, 0.3) is 21.8 Å². The summed E-state index contributed by atoms with van der Waals surface area (Å²) in [5.74, 6) is 1.14. The van der Waals surface area contributed by atoms with Gasteiger partial charge >= 0.3 is 0 Å². The van der Waals surface area contributed by atoms with Crippen molar-refractivity contribution in [1.82, 2.24) is 9.88 Å². The van der Waals surface area contributed by atoms with Gasteiger partial charge in [-0.15, -0.1) is 36.6 Å². The first kappa shape index (κ1) is 20.0. The zero-order valence-electron chi connectivity index (χ0n) is 13.4. The molecule has 1 aromatic heterocycles. The Hall–Kier alpha value is -1.000. The molecule has 0 N–H and O–H groups in total. The predicted molar refractivity (Wildman–Crippen MR) is 108 cm³/mol. The van der Waals surface area contributed by atoms with E-state index in [-0.39, 0.29) is 24.8 Å². The maximum atomic E-state index is 4.77. The molecule has 0 radical (unpaired) electrons. The van der Waals surface area contributed by atoms with Gasteiger partial charge in [0.25, 0.3) is 0 Å². The van der Waals surface area contributed by atoms with Gasteiger partial charge in [-0.25, -0.2) is 4.98 Å². The average Bonchev–Trinajstić information content (AvgIpc) is 2.50. The fourth-order valence-electron chi connectivity index (χ4n) is 2.51. The molecule has 0 spiro atoms. The Morgan fingerprint density at radius 1 is 0.870 bits per heavy atom. The average molecular weight is 369 g/mol. The summed E-state index contributed by atoms with van der Waals surface area (Å²) in [5, 5.41) is 2.54. The topological polar surface area (TPSA) is 16.1 Å². The van der Waals surface area contributed by atoms with Crippen molar-refractivity contribution in [3.05, 3.63) is 48.5 Å². The first-order valence-electron chi connectivity index (χ1n) is 7.31. The van der Waals surface area contributed by atoms with Crippen molar-refractivity contribution < 1.29 is 0 Å². The van der Waals surface area contributed by atoms with E-state index >= 15 is 0 Å². The highest BCUT2D eigenvalue weighted by molar-refractivity contribution is 7.99. The van der Waals surface area contributed by atoms with Gasteiger partial charge in [0.05, 0.1) is 11.0 Å². The molecule has 0 aliphatic carbocycles. The third-order valence-corrected chi connectivity index (χ3v) is 4.76. The Morgan fingerprint density at radius 2 is 1.39 bits per heavy atom. The van der Waals surface area contributed by atoms with Crippen LogP contribution in [0.4, 0.5) is 0 Å². The van der Waals surface area contributed by atoms with E-state index in [9.17, 15) is 0 Å². The van der Waals surface area contributed by atoms with Crippen LogP contribution in [-0.2, 0) is 0 Å². The zero-order valence-corrected chi connectivity index (χ0v) is 15.8. The molecule has 0 aliphatic rings. The van der Waals surface area contributed by atoms with Crippen LogP contribution in [0.1, 0.15) is 6.42 Å². The molecule has 3 rings (SSSR count). The molecule has 2 aromatic carbocycles. The summed E-state index contributed by atoms with van der Waals surface area (Å²) in [6.07, 6.45) is 1.20. The number of hydrogen-bond donors (Lipinski definition) is 0. The van der Waals surface area contributed by atoms with Gasteiger partial charge in [-0.3, -0.25) is 0 Å². The van der Waals surface area contributed by atoms with E-state index in [2.05, 4.69) is 67.5 Å². The highest BCUT2D eigenvalue weighted by atomic mass is 35.5. The van der Waals surface area contributed by atoms with Gasteiger partial charge in [-0.05, 0) is 44.9 Å². The van der Waals surface area contributed by atoms with Crippen LogP contribution in [-0.4, -0.2) is 36.3 Å². The van der Waals surface area contributed by atoms with Gasteiger partial charge in [0.1, 0.15) is 0 Å². The van der Waals surface area contributed by atoms with Crippen LogP contribution in [0.2, 0.25) is 0 Å². The van der Waals surface area contributed by atoms with E-state index in [1.54, 1.807) is 0 Å². The van der Waals surface area contributed by atoms with E-state index in [0.717, 1.165) is 23.3 Å². The van der Waals surface area contributed by atoms with Gasteiger partial charge < -0.3 is 4.90 Å². The van der Waals surface area contributed by atoms with Crippen molar-refractivity contribution in [3.63, 3.8) is 0 Å². The number of rotatable bonds is 5. The fraction of sp³-hybridized carbons (Fsp3) is 0.278. The van der Waals surface area contributed by atoms with Crippen LogP contribution >= 0.6 is 36.6 Å². The van der Waals surface area contributed by atoms with Crippen LogP contribution in [0.15, 0.2) is 53.4 Å². The van der Waals surface area contributed by atoms with Crippen LogP contribution in [0, 0.1) is 0 Å². The minimum absolute atomic E-state index is 0. The number of thioether (sulfide) groups is 1. The SMILES string of the molecule is CN(C)CCCSc1c2ccccc2nc2ccccc12.Cl.Cl. The molecule has 0 bridgehead atoms. The lowest BCUT2D eigenvalue weighted by Crippen LogP contribution is -2.13. The first-order valence-corrected chi connectivity index (χ1v) is 8.29. The van der Waals surface area contributed by atoms with Gasteiger partial charge in [0.2, 0.25) is 0 Å². The summed E-state index contributed by atoms with van der Waals surface area (Å²) < 4.78 is 0. The number of para-hydroxylation sites is 2. The summed E-state index contributed by atoms with van der Waals surface area (Å²) in [5.41, 5.74) is 2.18. The molecule has 0 amide bonds. The molecule has 124 valence electrons. The van der Waals surface area contributed by atoms with Crippen molar-refractivity contribution in [3.8, 4) is 0 Å². The molecule has 0 aliphatic heterocycles. The molecule has 3 aromatic rings. The number of aromatic nitrogens is 1. The summed E-state index contributed by atoms with van der Waals surface area (Å²) in [7, 11) is 4.25. The molecule has 1 heterocycles. The van der Waals surface area contributed by atoms with Gasteiger partial charge in [0, 0.05) is 15.7 Å². The monoisotopic (exact) mass is 368 g/mol. The summed E-state index contributed by atoms with van der Waals surface area (Å²) in [4.78, 5) is 8.38. The Morgan fingerprint density at radius 3 is 1.91 bits per heavy atom. The second-order valence-corrected chi connectivity index (χ2v) is 6.59. The molecule has 2 nitrogen and oxygen atoms in total. The number of halogens is 2. The minimum Gasteiger partial charge on any atom is -0.309 e. The molecule has 0 saturated carbocycles. The number of nitrogens with zero attached hydrogens (tertiary/aromatic N) is 2. The number of hydrogen-bond acceptors (Lipinski definition) is 3. The Balaban J connectivity index is 0.00000132. The van der Waals surface area contributed by atoms with Crippen molar-refractivity contribution in [2.24, 2.45) is 0 Å². The smallest absolute Gasteiger partial charge is 0.0721 e. The second kappa shape index (κ2) is 9.33. The Kier molecular flexibility index (Phi) is 8.13. The van der Waals surface area contributed by atoms with E-state index < -0.39 is 0 Å². The maximum absolute atomic E-state index is 4.77. The van der Waals surface area contributed by atoms with Crippen LogP contribution < -0.4 is 0 Å². The summed E-state index contributed by atoms with van der Waals surface area (Å²) in [6, 6.07) is 16.9. The van der Waals surface area contributed by atoms with E-state index in [1.807, 2.05) is 11.8 Å².